The van der Waals surface area contributed by atoms with E-state index in [0.717, 1.165) is 0 Å². The number of allylic oxidation sites excluding steroid dienone is 2. The highest BCUT2D eigenvalue weighted by atomic mass is 14.0. The Labute approximate surface area is 237 Å². The van der Waals surface area contributed by atoms with Crippen LogP contribution in [-0.4, -0.2) is 0 Å². The Morgan fingerprint density at radius 1 is 0.216 bits per heavy atom. The van der Waals surface area contributed by atoms with Crippen molar-refractivity contribution in [2.75, 3.05) is 0 Å². The smallest absolute Gasteiger partial charge is 0.0351 e. The highest BCUT2D eigenvalue weighted by Gasteiger charge is 1.96. The average molecular weight is 519 g/mol. The Bertz CT molecular complexity index is 395. The van der Waals surface area contributed by atoms with Crippen LogP contribution in [0.25, 0.3) is 0 Å². The summed E-state index contributed by atoms with van der Waals surface area (Å²) in [7, 11) is 0. The minimum absolute atomic E-state index is 1.32. The van der Waals surface area contributed by atoms with Gasteiger partial charge in [0.05, 0.1) is 0 Å². The average Bonchev–Trinajstić information content (AvgIpc) is 2.91. The third kappa shape index (κ3) is 35.7. The molecule has 0 aromatic heterocycles. The molecule has 0 bridgehead atoms. The van der Waals surface area contributed by atoms with E-state index >= 15 is 0 Å². The molecule has 0 N–H and O–H groups in total. The second kappa shape index (κ2) is 35.7. The van der Waals surface area contributed by atoms with Crippen LogP contribution < -0.4 is 0 Å². The van der Waals surface area contributed by atoms with Crippen molar-refractivity contribution in [1.29, 1.82) is 0 Å². The second-order valence-corrected chi connectivity index (χ2v) is 12.3. The van der Waals surface area contributed by atoms with Gasteiger partial charge in [0.15, 0.2) is 0 Å². The van der Waals surface area contributed by atoms with E-state index in [9.17, 15) is 0 Å². The summed E-state index contributed by atoms with van der Waals surface area (Å²) in [5.41, 5.74) is 0. The molecule has 0 atom stereocenters. The van der Waals surface area contributed by atoms with Gasteiger partial charge in [-0.2, -0.15) is 0 Å². The van der Waals surface area contributed by atoms with E-state index in [2.05, 4.69) is 26.0 Å². The van der Waals surface area contributed by atoms with Crippen LogP contribution in [0.2, 0.25) is 0 Å². The lowest BCUT2D eigenvalue weighted by molar-refractivity contribution is 0.522. The normalized spacial score (nSPS) is 11.7. The molecule has 0 aromatic rings. The molecule has 0 spiro atoms. The summed E-state index contributed by atoms with van der Waals surface area (Å²) in [6, 6.07) is 0. The van der Waals surface area contributed by atoms with Crippen LogP contribution in [0.1, 0.15) is 226 Å². The maximum atomic E-state index is 2.46. The van der Waals surface area contributed by atoms with Crippen LogP contribution in [-0.2, 0) is 0 Å². The first-order valence-corrected chi connectivity index (χ1v) is 18.1. The van der Waals surface area contributed by atoms with Crippen molar-refractivity contribution in [3.8, 4) is 0 Å². The lowest BCUT2D eigenvalue weighted by Crippen LogP contribution is -1.84. The van der Waals surface area contributed by atoms with Gasteiger partial charge >= 0.3 is 0 Å². The first-order chi connectivity index (χ1) is 18.4. The lowest BCUT2D eigenvalue weighted by atomic mass is 10.0. The van der Waals surface area contributed by atoms with Crippen molar-refractivity contribution >= 4 is 0 Å². The highest BCUT2D eigenvalue weighted by Crippen LogP contribution is 2.16. The summed E-state index contributed by atoms with van der Waals surface area (Å²) < 4.78 is 0. The molecule has 0 heteroatoms. The van der Waals surface area contributed by atoms with Gasteiger partial charge in [-0.3, -0.25) is 0 Å². The summed E-state index contributed by atoms with van der Waals surface area (Å²) in [6.45, 7) is 4.61. The van der Waals surface area contributed by atoms with Gasteiger partial charge in [0.1, 0.15) is 0 Å². The van der Waals surface area contributed by atoms with Crippen LogP contribution in [0, 0.1) is 0 Å². The van der Waals surface area contributed by atoms with Crippen molar-refractivity contribution in [3.63, 3.8) is 0 Å². The van der Waals surface area contributed by atoms with E-state index in [4.69, 9.17) is 0 Å². The van der Waals surface area contributed by atoms with Gasteiger partial charge in [0, 0.05) is 0 Å². The van der Waals surface area contributed by atoms with Gasteiger partial charge in [-0.05, 0) is 25.7 Å². The molecule has 0 saturated heterocycles. The molecule has 0 amide bonds. The lowest BCUT2D eigenvalue weighted by Gasteiger charge is -2.04. The van der Waals surface area contributed by atoms with E-state index < -0.39 is 0 Å². The van der Waals surface area contributed by atoms with Crippen molar-refractivity contribution in [2.45, 2.75) is 226 Å². The Morgan fingerprint density at radius 2 is 0.378 bits per heavy atom. The zero-order valence-corrected chi connectivity index (χ0v) is 26.5. The minimum atomic E-state index is 1.32. The predicted octanol–water partition coefficient (Wildman–Crippen LogP) is 14.5. The maximum Gasteiger partial charge on any atom is -0.0351 e. The molecule has 0 fully saturated rings. The van der Waals surface area contributed by atoms with Crippen LogP contribution in [0.3, 0.4) is 0 Å². The molecule has 0 radical (unpaired) electrons. The first kappa shape index (κ1) is 36.7. The van der Waals surface area contributed by atoms with E-state index in [0.29, 0.717) is 0 Å². The Hall–Kier alpha value is -0.260. The zero-order chi connectivity index (χ0) is 26.7. The number of unbranched alkanes of at least 4 members (excludes halogenated alkanes) is 31. The van der Waals surface area contributed by atoms with Gasteiger partial charge in [0.25, 0.3) is 0 Å². The van der Waals surface area contributed by atoms with Crippen molar-refractivity contribution < 1.29 is 0 Å². The SMILES string of the molecule is CCCCCCCCCCCCC/C=C/CCCCCCCCCCCCCCCCCCCCCC. The van der Waals surface area contributed by atoms with E-state index in [1.165, 1.54) is 212 Å². The van der Waals surface area contributed by atoms with Crippen molar-refractivity contribution in [3.05, 3.63) is 12.2 Å². The fourth-order valence-electron chi connectivity index (χ4n) is 5.68. The molecular weight excluding hydrogens is 444 g/mol. The van der Waals surface area contributed by atoms with E-state index in [1.807, 2.05) is 0 Å². The van der Waals surface area contributed by atoms with Crippen molar-refractivity contribution in [2.24, 2.45) is 0 Å². The third-order valence-corrected chi connectivity index (χ3v) is 8.37. The number of hydrogen-bond acceptors (Lipinski definition) is 0. The monoisotopic (exact) mass is 519 g/mol. The summed E-state index contributed by atoms with van der Waals surface area (Å²) in [5, 5.41) is 0. The highest BCUT2D eigenvalue weighted by molar-refractivity contribution is 4.81. The molecule has 0 aliphatic heterocycles. The zero-order valence-electron chi connectivity index (χ0n) is 26.5. The van der Waals surface area contributed by atoms with Crippen LogP contribution in [0.4, 0.5) is 0 Å². The second-order valence-electron chi connectivity index (χ2n) is 12.3. The van der Waals surface area contributed by atoms with Gasteiger partial charge in [0.2, 0.25) is 0 Å². The number of hydrogen-bond donors (Lipinski definition) is 0. The molecule has 0 aliphatic rings. The fourth-order valence-corrected chi connectivity index (χ4v) is 5.68. The minimum Gasteiger partial charge on any atom is -0.0885 e. The summed E-state index contributed by atoms with van der Waals surface area (Å²) in [4.78, 5) is 0. The molecule has 222 valence electrons. The molecule has 0 unspecified atom stereocenters. The Morgan fingerprint density at radius 3 is 0.568 bits per heavy atom. The Kier molecular flexibility index (Phi) is 35.5. The largest absolute Gasteiger partial charge is 0.0885 e. The Balaban J connectivity index is 3.07. The first-order valence-electron chi connectivity index (χ1n) is 18.1. The molecule has 0 rings (SSSR count). The molecule has 37 heavy (non-hydrogen) atoms. The van der Waals surface area contributed by atoms with Crippen LogP contribution in [0.5, 0.6) is 0 Å². The topological polar surface area (TPSA) is 0 Å². The standard InChI is InChI=1S/C37H74/c1-3-5-7-9-11-13-15-17-19-21-23-25-27-29-31-33-35-37-36-34-32-30-28-26-24-22-20-18-16-14-12-10-8-6-4-2/h27,29H,3-26,28,30-37H2,1-2H3/b29-27+. The van der Waals surface area contributed by atoms with Gasteiger partial charge in [-0.25, -0.2) is 0 Å². The van der Waals surface area contributed by atoms with Crippen LogP contribution >= 0.6 is 0 Å². The molecule has 0 nitrogen and oxygen atoms in total. The molecular formula is C37H74. The van der Waals surface area contributed by atoms with Crippen molar-refractivity contribution in [1.82, 2.24) is 0 Å². The summed E-state index contributed by atoms with van der Waals surface area (Å²) in [6.07, 6.45) is 52.9. The maximum absolute atomic E-state index is 2.46. The molecule has 0 heterocycles. The molecule has 0 saturated carbocycles. The molecule has 0 aliphatic carbocycles. The summed E-state index contributed by atoms with van der Waals surface area (Å²) in [5.74, 6) is 0. The van der Waals surface area contributed by atoms with E-state index in [1.54, 1.807) is 0 Å². The van der Waals surface area contributed by atoms with Crippen LogP contribution in [0.15, 0.2) is 12.2 Å². The van der Waals surface area contributed by atoms with Gasteiger partial charge in [-0.1, -0.05) is 212 Å². The quantitative estimate of drug-likeness (QED) is 0.0598. The van der Waals surface area contributed by atoms with Gasteiger partial charge in [-0.15, -0.1) is 0 Å². The third-order valence-electron chi connectivity index (χ3n) is 8.37. The van der Waals surface area contributed by atoms with E-state index in [-0.39, 0.29) is 0 Å². The molecule has 0 aromatic carbocycles. The predicted molar refractivity (Wildman–Crippen MR) is 173 cm³/mol. The number of rotatable bonds is 33. The summed E-state index contributed by atoms with van der Waals surface area (Å²) >= 11 is 0. The fraction of sp³-hybridized carbons (Fsp3) is 0.946. The van der Waals surface area contributed by atoms with Gasteiger partial charge < -0.3 is 0 Å².